The minimum Gasteiger partial charge on any atom is -0.411 e. The summed E-state index contributed by atoms with van der Waals surface area (Å²) in [5.41, 5.74) is 4.58. The second-order valence-electron chi connectivity index (χ2n) is 9.76. The van der Waals surface area contributed by atoms with Gasteiger partial charge in [0.25, 0.3) is 0 Å². The van der Waals surface area contributed by atoms with Crippen molar-refractivity contribution in [1.82, 2.24) is 4.98 Å². The Bertz CT molecular complexity index is 770. The third kappa shape index (κ3) is 2.12. The van der Waals surface area contributed by atoms with Crippen LogP contribution in [0, 0.1) is 34.5 Å². The standard InChI is InChI=1S/C23H30N2O/c1-22-10-9-21-18(6-5-16-12-17(25-26)13-23(16,21)2)20(22)8-7-19(22)15-4-3-11-24-14-15/h3-4,7,11,14,16,18,20-21,26H,5-6,8-10,12-13H2,1-2H3/t16-,18-,20-,21-,22+,23-/m0/s1. The van der Waals surface area contributed by atoms with Gasteiger partial charge in [-0.2, -0.15) is 0 Å². The van der Waals surface area contributed by atoms with Crippen molar-refractivity contribution in [2.75, 3.05) is 0 Å². The Morgan fingerprint density at radius 2 is 2.08 bits per heavy atom. The van der Waals surface area contributed by atoms with E-state index in [1.165, 1.54) is 37.7 Å². The number of rotatable bonds is 1. The zero-order valence-electron chi connectivity index (χ0n) is 16.0. The molecule has 0 radical (unpaired) electrons. The van der Waals surface area contributed by atoms with Crippen LogP contribution in [0.15, 0.2) is 35.8 Å². The van der Waals surface area contributed by atoms with Crippen molar-refractivity contribution in [2.24, 2.45) is 39.7 Å². The maximum absolute atomic E-state index is 9.35. The van der Waals surface area contributed by atoms with Crippen molar-refractivity contribution in [3.05, 3.63) is 36.2 Å². The number of nitrogens with zero attached hydrogens (tertiary/aromatic N) is 2. The van der Waals surface area contributed by atoms with E-state index in [1.54, 1.807) is 5.57 Å². The topological polar surface area (TPSA) is 45.5 Å². The van der Waals surface area contributed by atoms with Crippen molar-refractivity contribution < 1.29 is 5.21 Å². The first kappa shape index (κ1) is 16.5. The Morgan fingerprint density at radius 3 is 2.85 bits per heavy atom. The summed E-state index contributed by atoms with van der Waals surface area (Å²) in [4.78, 5) is 4.37. The van der Waals surface area contributed by atoms with E-state index in [9.17, 15) is 5.21 Å². The Morgan fingerprint density at radius 1 is 1.19 bits per heavy atom. The molecule has 1 aromatic heterocycles. The fraction of sp³-hybridized carbons (Fsp3) is 0.652. The van der Waals surface area contributed by atoms with Crippen molar-refractivity contribution in [3.8, 4) is 0 Å². The van der Waals surface area contributed by atoms with Crippen LogP contribution in [0.3, 0.4) is 0 Å². The van der Waals surface area contributed by atoms with Crippen LogP contribution in [0.1, 0.15) is 64.4 Å². The molecule has 0 amide bonds. The van der Waals surface area contributed by atoms with E-state index in [1.807, 2.05) is 12.4 Å². The summed E-state index contributed by atoms with van der Waals surface area (Å²) in [5.74, 6) is 3.11. The summed E-state index contributed by atoms with van der Waals surface area (Å²) >= 11 is 0. The van der Waals surface area contributed by atoms with Crippen LogP contribution in [0.25, 0.3) is 5.57 Å². The van der Waals surface area contributed by atoms with Gasteiger partial charge in [0, 0.05) is 12.4 Å². The fourth-order valence-electron chi connectivity index (χ4n) is 7.56. The van der Waals surface area contributed by atoms with Gasteiger partial charge in [-0.25, -0.2) is 0 Å². The van der Waals surface area contributed by atoms with E-state index in [-0.39, 0.29) is 0 Å². The first-order valence-electron chi connectivity index (χ1n) is 10.4. The lowest BCUT2D eigenvalue weighted by Gasteiger charge is -2.57. The molecule has 3 nitrogen and oxygen atoms in total. The molecule has 0 aliphatic heterocycles. The summed E-state index contributed by atoms with van der Waals surface area (Å²) < 4.78 is 0. The van der Waals surface area contributed by atoms with Gasteiger partial charge in [0.15, 0.2) is 0 Å². The molecule has 3 heteroatoms. The summed E-state index contributed by atoms with van der Waals surface area (Å²) in [6, 6.07) is 4.30. The van der Waals surface area contributed by atoms with Gasteiger partial charge in [0.05, 0.1) is 5.71 Å². The fourth-order valence-corrected chi connectivity index (χ4v) is 7.56. The largest absolute Gasteiger partial charge is 0.411 e. The van der Waals surface area contributed by atoms with Crippen LogP contribution in [0.4, 0.5) is 0 Å². The molecular formula is C23H30N2O. The van der Waals surface area contributed by atoms with Gasteiger partial charge in [-0.3, -0.25) is 4.98 Å². The zero-order valence-corrected chi connectivity index (χ0v) is 16.0. The number of oxime groups is 1. The van der Waals surface area contributed by atoms with Gasteiger partial charge in [0.2, 0.25) is 0 Å². The number of hydrogen-bond acceptors (Lipinski definition) is 3. The second kappa shape index (κ2) is 5.68. The van der Waals surface area contributed by atoms with Crippen molar-refractivity contribution in [2.45, 2.75) is 58.8 Å². The predicted octanol–water partition coefficient (Wildman–Crippen LogP) is 5.56. The molecule has 5 rings (SSSR count). The lowest BCUT2D eigenvalue weighted by molar-refractivity contribution is -0.0636. The molecule has 3 fully saturated rings. The molecule has 1 heterocycles. The van der Waals surface area contributed by atoms with Crippen molar-refractivity contribution in [1.29, 1.82) is 0 Å². The molecule has 26 heavy (non-hydrogen) atoms. The minimum atomic E-state index is 0.305. The molecule has 0 aromatic carbocycles. The lowest BCUT2D eigenvalue weighted by Crippen LogP contribution is -2.49. The summed E-state index contributed by atoms with van der Waals surface area (Å²) in [7, 11) is 0. The molecular weight excluding hydrogens is 320 g/mol. The van der Waals surface area contributed by atoms with Crippen molar-refractivity contribution >= 4 is 11.3 Å². The maximum atomic E-state index is 9.35. The van der Waals surface area contributed by atoms with E-state index in [2.05, 4.69) is 42.2 Å². The molecule has 138 valence electrons. The van der Waals surface area contributed by atoms with Gasteiger partial charge in [-0.05, 0) is 96.7 Å². The first-order valence-corrected chi connectivity index (χ1v) is 10.4. The van der Waals surface area contributed by atoms with Crippen LogP contribution < -0.4 is 0 Å². The SMILES string of the molecule is C[C@]12CC(=NO)C[C@@H]1CC[C@@H]1[C@@H]2CC[C@]2(C)C(c3cccnc3)=CC[C@@H]12. The van der Waals surface area contributed by atoms with Gasteiger partial charge in [0.1, 0.15) is 0 Å². The average Bonchev–Trinajstić information content (AvgIpc) is 3.18. The van der Waals surface area contributed by atoms with E-state index >= 15 is 0 Å². The highest BCUT2D eigenvalue weighted by atomic mass is 16.4. The number of fused-ring (bicyclic) bond motifs is 5. The molecule has 0 saturated heterocycles. The second-order valence-corrected chi connectivity index (χ2v) is 9.76. The quantitative estimate of drug-likeness (QED) is 0.532. The highest BCUT2D eigenvalue weighted by Gasteiger charge is 2.59. The van der Waals surface area contributed by atoms with Crippen molar-refractivity contribution in [3.63, 3.8) is 0 Å². The Hall–Kier alpha value is -1.64. The van der Waals surface area contributed by atoms with Crippen LogP contribution in [0.2, 0.25) is 0 Å². The summed E-state index contributed by atoms with van der Waals surface area (Å²) in [5, 5.41) is 13.0. The van der Waals surface area contributed by atoms with E-state index < -0.39 is 0 Å². The molecule has 4 aliphatic carbocycles. The van der Waals surface area contributed by atoms with Gasteiger partial charge < -0.3 is 5.21 Å². The van der Waals surface area contributed by atoms with Gasteiger partial charge >= 0.3 is 0 Å². The summed E-state index contributed by atoms with van der Waals surface area (Å²) in [6.07, 6.45) is 15.0. The van der Waals surface area contributed by atoms with E-state index in [4.69, 9.17) is 0 Å². The van der Waals surface area contributed by atoms with Gasteiger partial charge in [-0.15, -0.1) is 0 Å². The van der Waals surface area contributed by atoms with Crippen LogP contribution >= 0.6 is 0 Å². The minimum absolute atomic E-state index is 0.305. The summed E-state index contributed by atoms with van der Waals surface area (Å²) in [6.45, 7) is 5.02. The Balaban J connectivity index is 1.46. The number of allylic oxidation sites excluding steroid dienone is 2. The molecule has 1 aromatic rings. The molecule has 0 unspecified atom stereocenters. The predicted molar refractivity (Wildman–Crippen MR) is 104 cm³/mol. The molecule has 0 bridgehead atoms. The maximum Gasteiger partial charge on any atom is 0.0579 e. The Kier molecular flexibility index (Phi) is 3.61. The third-order valence-electron chi connectivity index (χ3n) is 8.83. The average molecular weight is 351 g/mol. The molecule has 4 aliphatic rings. The van der Waals surface area contributed by atoms with Crippen LogP contribution in [0.5, 0.6) is 0 Å². The normalized spacial score (nSPS) is 45.8. The molecule has 3 saturated carbocycles. The van der Waals surface area contributed by atoms with E-state index in [0.717, 1.165) is 42.2 Å². The Labute approximate surface area is 156 Å². The first-order chi connectivity index (χ1) is 12.6. The number of aromatic nitrogens is 1. The molecule has 0 spiro atoms. The highest BCUT2D eigenvalue weighted by molar-refractivity contribution is 5.87. The van der Waals surface area contributed by atoms with Crippen LogP contribution in [-0.4, -0.2) is 15.9 Å². The van der Waals surface area contributed by atoms with Crippen LogP contribution in [-0.2, 0) is 0 Å². The van der Waals surface area contributed by atoms with Gasteiger partial charge in [-0.1, -0.05) is 31.1 Å². The number of pyridine rings is 1. The lowest BCUT2D eigenvalue weighted by atomic mass is 9.47. The third-order valence-corrected chi connectivity index (χ3v) is 8.83. The zero-order chi connectivity index (χ0) is 17.9. The highest BCUT2D eigenvalue weighted by Crippen LogP contribution is 2.67. The smallest absolute Gasteiger partial charge is 0.0579 e. The number of hydrogen-bond donors (Lipinski definition) is 1. The molecule has 6 atom stereocenters. The monoisotopic (exact) mass is 350 g/mol. The molecule has 1 N–H and O–H groups in total. The van der Waals surface area contributed by atoms with E-state index in [0.29, 0.717) is 10.8 Å².